The second-order valence-corrected chi connectivity index (χ2v) is 6.33. The number of amides is 1. The Kier molecular flexibility index (Phi) is 7.07. The molecular weight excluding hydrogens is 388 g/mol. The molecule has 0 unspecified atom stereocenters. The fraction of sp³-hybridized carbons (Fsp3) is 0.150. The standard InChI is InChI=1S/C20H18BrF2NO/c21-20(22,23)19(25)24(15-7-13-17-9-3-1-4-10-17)16-8-14-18-11-5-2-6-12-18/h1-14H,15-16H2. The highest BCUT2D eigenvalue weighted by atomic mass is 79.9. The Hall–Kier alpha value is -2.27. The molecule has 0 fully saturated rings. The Morgan fingerprint density at radius 2 is 1.28 bits per heavy atom. The van der Waals surface area contributed by atoms with Crippen LogP contribution in [0.15, 0.2) is 72.8 Å². The summed E-state index contributed by atoms with van der Waals surface area (Å²) in [5, 5.41) is 0. The van der Waals surface area contributed by atoms with Gasteiger partial charge < -0.3 is 4.90 Å². The Bertz CT molecular complexity index is 673. The highest BCUT2D eigenvalue weighted by Gasteiger charge is 2.38. The topological polar surface area (TPSA) is 20.3 Å². The Labute approximate surface area is 154 Å². The largest absolute Gasteiger partial charge is 0.378 e. The van der Waals surface area contributed by atoms with Gasteiger partial charge in [0.15, 0.2) is 0 Å². The number of rotatable bonds is 7. The zero-order chi connectivity index (χ0) is 18.1. The van der Waals surface area contributed by atoms with Gasteiger partial charge in [0.25, 0.3) is 0 Å². The van der Waals surface area contributed by atoms with Crippen molar-refractivity contribution in [2.75, 3.05) is 13.1 Å². The minimum Gasteiger partial charge on any atom is -0.329 e. The molecular formula is C20H18BrF2NO. The third kappa shape index (κ3) is 6.63. The summed E-state index contributed by atoms with van der Waals surface area (Å²) in [5.74, 6) is -1.26. The number of hydrogen-bond donors (Lipinski definition) is 0. The van der Waals surface area contributed by atoms with Gasteiger partial charge in [-0.15, -0.1) is 0 Å². The molecule has 0 aliphatic heterocycles. The third-order valence-electron chi connectivity index (χ3n) is 3.40. The maximum atomic E-state index is 13.3. The first-order valence-electron chi connectivity index (χ1n) is 7.76. The molecule has 0 aliphatic rings. The van der Waals surface area contributed by atoms with Crippen LogP contribution in [-0.2, 0) is 4.79 Å². The van der Waals surface area contributed by atoms with Crippen molar-refractivity contribution in [2.45, 2.75) is 4.83 Å². The Morgan fingerprint density at radius 1 is 0.880 bits per heavy atom. The molecule has 0 saturated heterocycles. The van der Waals surface area contributed by atoms with Gasteiger partial charge in [0.05, 0.1) is 0 Å². The number of benzene rings is 2. The first-order valence-corrected chi connectivity index (χ1v) is 8.55. The van der Waals surface area contributed by atoms with Crippen molar-refractivity contribution in [3.05, 3.63) is 83.9 Å². The lowest BCUT2D eigenvalue weighted by atomic mass is 10.2. The maximum Gasteiger partial charge on any atom is 0.378 e. The van der Waals surface area contributed by atoms with Crippen LogP contribution >= 0.6 is 15.9 Å². The quantitative estimate of drug-likeness (QED) is 0.577. The summed E-state index contributed by atoms with van der Waals surface area (Å²) in [6, 6.07) is 18.9. The zero-order valence-electron chi connectivity index (χ0n) is 13.5. The number of nitrogens with zero attached hydrogens (tertiary/aromatic N) is 1. The summed E-state index contributed by atoms with van der Waals surface area (Å²) in [6.45, 7) is 0.183. The van der Waals surface area contributed by atoms with Crippen LogP contribution in [-0.4, -0.2) is 28.7 Å². The molecule has 0 N–H and O–H groups in total. The highest BCUT2D eigenvalue weighted by molar-refractivity contribution is 9.10. The molecule has 2 nitrogen and oxygen atoms in total. The predicted octanol–water partition coefficient (Wildman–Crippen LogP) is 5.23. The molecule has 0 spiro atoms. The number of halogens is 3. The summed E-state index contributed by atoms with van der Waals surface area (Å²) in [7, 11) is 0. The van der Waals surface area contributed by atoms with E-state index in [4.69, 9.17) is 0 Å². The second-order valence-electron chi connectivity index (χ2n) is 5.33. The van der Waals surface area contributed by atoms with Crippen molar-refractivity contribution in [2.24, 2.45) is 0 Å². The molecule has 0 heterocycles. The predicted molar refractivity (Wildman–Crippen MR) is 101 cm³/mol. The summed E-state index contributed by atoms with van der Waals surface area (Å²) >= 11 is 2.15. The van der Waals surface area contributed by atoms with Crippen molar-refractivity contribution < 1.29 is 13.6 Å². The first kappa shape index (κ1) is 19.1. The van der Waals surface area contributed by atoms with Crippen molar-refractivity contribution in [3.63, 3.8) is 0 Å². The normalized spacial score (nSPS) is 12.0. The zero-order valence-corrected chi connectivity index (χ0v) is 15.1. The first-order chi connectivity index (χ1) is 12.0. The van der Waals surface area contributed by atoms with Gasteiger partial charge in [-0.25, -0.2) is 0 Å². The monoisotopic (exact) mass is 405 g/mol. The number of hydrogen-bond acceptors (Lipinski definition) is 1. The van der Waals surface area contributed by atoms with E-state index in [0.29, 0.717) is 0 Å². The van der Waals surface area contributed by atoms with Gasteiger partial charge in [-0.05, 0) is 11.1 Å². The molecule has 0 radical (unpaired) electrons. The molecule has 5 heteroatoms. The van der Waals surface area contributed by atoms with Crippen LogP contribution in [0.1, 0.15) is 11.1 Å². The van der Waals surface area contributed by atoms with E-state index in [9.17, 15) is 13.6 Å². The number of alkyl halides is 3. The van der Waals surface area contributed by atoms with E-state index in [0.717, 1.165) is 16.0 Å². The van der Waals surface area contributed by atoms with Crippen LogP contribution in [0.5, 0.6) is 0 Å². The Balaban J connectivity index is 2.04. The molecule has 1 amide bonds. The lowest BCUT2D eigenvalue weighted by molar-refractivity contribution is -0.144. The molecule has 130 valence electrons. The van der Waals surface area contributed by atoms with Crippen LogP contribution in [0.2, 0.25) is 0 Å². The van der Waals surface area contributed by atoms with Crippen LogP contribution in [0, 0.1) is 0 Å². The van der Waals surface area contributed by atoms with Crippen molar-refractivity contribution in [1.29, 1.82) is 0 Å². The van der Waals surface area contributed by atoms with Crippen LogP contribution in [0.4, 0.5) is 8.78 Å². The van der Waals surface area contributed by atoms with Crippen LogP contribution < -0.4 is 0 Å². The fourth-order valence-electron chi connectivity index (χ4n) is 2.18. The maximum absolute atomic E-state index is 13.3. The second kappa shape index (κ2) is 9.28. The van der Waals surface area contributed by atoms with Gasteiger partial charge in [-0.3, -0.25) is 4.79 Å². The molecule has 0 saturated carbocycles. The van der Waals surface area contributed by atoms with E-state index in [1.54, 1.807) is 24.3 Å². The van der Waals surface area contributed by atoms with Crippen LogP contribution in [0.3, 0.4) is 0 Å². The minimum absolute atomic E-state index is 0.0913. The number of carbonyl (C=O) groups is 1. The molecule has 2 aromatic rings. The van der Waals surface area contributed by atoms with E-state index >= 15 is 0 Å². The average molecular weight is 406 g/mol. The molecule has 0 aliphatic carbocycles. The summed E-state index contributed by atoms with van der Waals surface area (Å²) in [4.78, 5) is 9.43. The highest BCUT2D eigenvalue weighted by Crippen LogP contribution is 2.24. The van der Waals surface area contributed by atoms with E-state index in [1.807, 2.05) is 60.7 Å². The van der Waals surface area contributed by atoms with Gasteiger partial charge >= 0.3 is 10.7 Å². The van der Waals surface area contributed by atoms with Crippen molar-refractivity contribution >= 4 is 34.0 Å². The molecule has 25 heavy (non-hydrogen) atoms. The fourth-order valence-corrected chi connectivity index (χ4v) is 2.43. The van der Waals surface area contributed by atoms with E-state index in [-0.39, 0.29) is 13.1 Å². The third-order valence-corrected chi connectivity index (χ3v) is 3.74. The van der Waals surface area contributed by atoms with Gasteiger partial charge in [-0.1, -0.05) is 85.0 Å². The molecule has 2 aromatic carbocycles. The van der Waals surface area contributed by atoms with E-state index < -0.39 is 10.7 Å². The van der Waals surface area contributed by atoms with Crippen molar-refractivity contribution in [1.82, 2.24) is 4.90 Å². The molecule has 0 bridgehead atoms. The van der Waals surface area contributed by atoms with Gasteiger partial charge in [-0.2, -0.15) is 8.78 Å². The molecule has 2 rings (SSSR count). The van der Waals surface area contributed by atoms with E-state index in [2.05, 4.69) is 15.9 Å². The van der Waals surface area contributed by atoms with Crippen molar-refractivity contribution in [3.8, 4) is 0 Å². The molecule has 0 atom stereocenters. The smallest absolute Gasteiger partial charge is 0.329 e. The summed E-state index contributed by atoms with van der Waals surface area (Å²) < 4.78 is 26.7. The minimum atomic E-state index is -3.58. The van der Waals surface area contributed by atoms with Gasteiger partial charge in [0.1, 0.15) is 0 Å². The van der Waals surface area contributed by atoms with Crippen LogP contribution in [0.25, 0.3) is 12.2 Å². The lowest BCUT2D eigenvalue weighted by Gasteiger charge is -2.22. The summed E-state index contributed by atoms with van der Waals surface area (Å²) in [6.07, 6.45) is 6.99. The number of carbonyl (C=O) groups excluding carboxylic acids is 1. The SMILES string of the molecule is O=C(N(CC=Cc1ccccc1)CC=Cc1ccccc1)C(F)(F)Br. The lowest BCUT2D eigenvalue weighted by Crippen LogP contribution is -2.40. The summed E-state index contributed by atoms with van der Waals surface area (Å²) in [5.41, 5.74) is 1.89. The molecule has 0 aromatic heterocycles. The van der Waals surface area contributed by atoms with Gasteiger partial charge in [0, 0.05) is 29.0 Å². The van der Waals surface area contributed by atoms with E-state index in [1.165, 1.54) is 0 Å². The Morgan fingerprint density at radius 3 is 1.64 bits per heavy atom. The average Bonchev–Trinajstić information content (AvgIpc) is 2.61. The van der Waals surface area contributed by atoms with Gasteiger partial charge in [0.2, 0.25) is 0 Å².